The van der Waals surface area contributed by atoms with Gasteiger partial charge in [0.2, 0.25) is 0 Å². The maximum atomic E-state index is 12.1. The monoisotopic (exact) mass is 187 g/mol. The second-order valence-electron chi connectivity index (χ2n) is 3.22. The highest BCUT2D eigenvalue weighted by Gasteiger charge is 2.22. The molecule has 5 heteroatoms. The highest BCUT2D eigenvalue weighted by atomic mass is 19.3. The van der Waals surface area contributed by atoms with Gasteiger partial charge in [-0.2, -0.15) is 0 Å². The van der Waals surface area contributed by atoms with Crippen LogP contribution in [0, 0.1) is 0 Å². The summed E-state index contributed by atoms with van der Waals surface area (Å²) < 4.78 is 25.7. The topological polar surface area (TPSA) is 29.9 Å². The Kier molecular flexibility index (Phi) is 2.26. The fraction of sp³-hybridized carbons (Fsp3) is 0.625. The zero-order chi connectivity index (χ0) is 9.26. The molecule has 0 atom stereocenters. The first-order chi connectivity index (χ1) is 6.27. The third kappa shape index (κ3) is 1.70. The maximum Gasteiger partial charge on any atom is 0.256 e. The molecule has 0 radical (unpaired) electrons. The van der Waals surface area contributed by atoms with E-state index in [2.05, 4.69) is 10.3 Å². The summed E-state index contributed by atoms with van der Waals surface area (Å²) in [7, 11) is 0. The van der Waals surface area contributed by atoms with Crippen LogP contribution in [-0.2, 0) is 6.54 Å². The highest BCUT2D eigenvalue weighted by Crippen LogP contribution is 2.19. The van der Waals surface area contributed by atoms with Crippen molar-refractivity contribution in [1.82, 2.24) is 14.9 Å². The molecule has 1 aliphatic heterocycles. The van der Waals surface area contributed by atoms with Gasteiger partial charge in [-0.3, -0.25) is 0 Å². The largest absolute Gasteiger partial charge is 0.328 e. The van der Waals surface area contributed by atoms with E-state index >= 15 is 0 Å². The molecule has 3 nitrogen and oxygen atoms in total. The van der Waals surface area contributed by atoms with Gasteiger partial charge >= 0.3 is 0 Å². The number of imidazole rings is 1. The predicted octanol–water partition coefficient (Wildman–Crippen LogP) is 0.835. The lowest BCUT2D eigenvalue weighted by molar-refractivity contribution is 0.124. The van der Waals surface area contributed by atoms with E-state index in [-0.39, 0.29) is 6.54 Å². The third-order valence-electron chi connectivity index (χ3n) is 2.28. The molecule has 0 spiro atoms. The third-order valence-corrected chi connectivity index (χ3v) is 2.28. The molecular weight excluding hydrogens is 176 g/mol. The van der Waals surface area contributed by atoms with E-state index < -0.39 is 6.43 Å². The summed E-state index contributed by atoms with van der Waals surface area (Å²) in [5, 5.41) is 3.10. The normalized spacial score (nSPS) is 17.8. The fourth-order valence-electron chi connectivity index (χ4n) is 1.47. The molecule has 2 heterocycles. The second-order valence-corrected chi connectivity index (χ2v) is 3.22. The standard InChI is InChI=1S/C8H11F2N3/c9-8(10)4-13-5-12-3-7(13)6-1-11-2-6/h3,5-6,8,11H,1-2,4H2. The Labute approximate surface area is 74.8 Å². The van der Waals surface area contributed by atoms with E-state index in [4.69, 9.17) is 0 Å². The van der Waals surface area contributed by atoms with Crippen LogP contribution in [0.15, 0.2) is 12.5 Å². The number of alkyl halides is 2. The Hall–Kier alpha value is -0.970. The first-order valence-electron chi connectivity index (χ1n) is 4.26. The van der Waals surface area contributed by atoms with E-state index in [1.807, 2.05) is 0 Å². The summed E-state index contributed by atoms with van der Waals surface area (Å²) in [6, 6.07) is 0. The van der Waals surface area contributed by atoms with Crippen molar-refractivity contribution >= 4 is 0 Å². The van der Waals surface area contributed by atoms with E-state index in [1.54, 1.807) is 6.20 Å². The summed E-state index contributed by atoms with van der Waals surface area (Å²) >= 11 is 0. The minimum Gasteiger partial charge on any atom is -0.328 e. The van der Waals surface area contributed by atoms with Gasteiger partial charge in [0, 0.05) is 30.9 Å². The van der Waals surface area contributed by atoms with Crippen LogP contribution in [0.4, 0.5) is 8.78 Å². The Bertz CT molecular complexity index is 281. The molecule has 1 aromatic rings. The maximum absolute atomic E-state index is 12.1. The van der Waals surface area contributed by atoms with E-state index in [0.29, 0.717) is 5.92 Å². The van der Waals surface area contributed by atoms with Gasteiger partial charge < -0.3 is 9.88 Å². The lowest BCUT2D eigenvalue weighted by atomic mass is 10.00. The van der Waals surface area contributed by atoms with Crippen molar-refractivity contribution in [3.8, 4) is 0 Å². The van der Waals surface area contributed by atoms with Crippen molar-refractivity contribution in [2.45, 2.75) is 18.9 Å². The molecular formula is C8H11F2N3. The number of rotatable bonds is 3. The first kappa shape index (κ1) is 8.62. The predicted molar refractivity (Wildman–Crippen MR) is 43.8 cm³/mol. The van der Waals surface area contributed by atoms with Crippen molar-refractivity contribution in [2.75, 3.05) is 13.1 Å². The van der Waals surface area contributed by atoms with Crippen LogP contribution in [-0.4, -0.2) is 29.1 Å². The van der Waals surface area contributed by atoms with Gasteiger partial charge in [0.1, 0.15) is 0 Å². The molecule has 0 saturated carbocycles. The molecule has 0 amide bonds. The van der Waals surface area contributed by atoms with Gasteiger partial charge in [-0.05, 0) is 0 Å². The Morgan fingerprint density at radius 3 is 2.92 bits per heavy atom. The molecule has 72 valence electrons. The SMILES string of the molecule is FC(F)Cn1cncc1C1CNC1. The molecule has 2 rings (SSSR count). The number of nitrogens with zero attached hydrogens (tertiary/aromatic N) is 2. The number of hydrogen-bond donors (Lipinski definition) is 1. The van der Waals surface area contributed by atoms with Crippen LogP contribution in [0.2, 0.25) is 0 Å². The lowest BCUT2D eigenvalue weighted by Crippen LogP contribution is -2.41. The number of hydrogen-bond acceptors (Lipinski definition) is 2. The minimum absolute atomic E-state index is 0.244. The Balaban J connectivity index is 2.10. The zero-order valence-corrected chi connectivity index (χ0v) is 7.08. The van der Waals surface area contributed by atoms with Gasteiger partial charge in [0.05, 0.1) is 12.9 Å². The van der Waals surface area contributed by atoms with Crippen LogP contribution < -0.4 is 5.32 Å². The molecule has 0 aromatic carbocycles. The van der Waals surface area contributed by atoms with Gasteiger partial charge in [0.25, 0.3) is 6.43 Å². The first-order valence-corrected chi connectivity index (χ1v) is 4.26. The minimum atomic E-state index is -2.30. The molecule has 1 aliphatic rings. The van der Waals surface area contributed by atoms with Crippen molar-refractivity contribution in [1.29, 1.82) is 0 Å². The highest BCUT2D eigenvalue weighted by molar-refractivity contribution is 5.11. The van der Waals surface area contributed by atoms with Gasteiger partial charge in [-0.1, -0.05) is 0 Å². The zero-order valence-electron chi connectivity index (χ0n) is 7.08. The number of aromatic nitrogens is 2. The quantitative estimate of drug-likeness (QED) is 0.759. The van der Waals surface area contributed by atoms with Crippen LogP contribution in [0.5, 0.6) is 0 Å². The van der Waals surface area contributed by atoms with Crippen LogP contribution in [0.1, 0.15) is 11.6 Å². The molecule has 13 heavy (non-hydrogen) atoms. The Morgan fingerprint density at radius 2 is 2.38 bits per heavy atom. The second kappa shape index (κ2) is 3.41. The summed E-state index contributed by atoms with van der Waals surface area (Å²) in [5.41, 5.74) is 0.916. The van der Waals surface area contributed by atoms with Crippen LogP contribution >= 0.6 is 0 Å². The fourth-order valence-corrected chi connectivity index (χ4v) is 1.47. The number of nitrogens with one attached hydrogen (secondary N) is 1. The van der Waals surface area contributed by atoms with Crippen molar-refractivity contribution < 1.29 is 8.78 Å². The smallest absolute Gasteiger partial charge is 0.256 e. The summed E-state index contributed by atoms with van der Waals surface area (Å²) in [4.78, 5) is 3.88. The molecule has 1 N–H and O–H groups in total. The molecule has 1 saturated heterocycles. The molecule has 1 aromatic heterocycles. The summed E-state index contributed by atoms with van der Waals surface area (Å²) in [5.74, 6) is 0.362. The van der Waals surface area contributed by atoms with Crippen LogP contribution in [0.3, 0.4) is 0 Å². The summed E-state index contributed by atoms with van der Waals surface area (Å²) in [6.07, 6.45) is 0.842. The summed E-state index contributed by atoms with van der Waals surface area (Å²) in [6.45, 7) is 1.50. The van der Waals surface area contributed by atoms with Gasteiger partial charge in [-0.15, -0.1) is 0 Å². The van der Waals surface area contributed by atoms with Crippen molar-refractivity contribution in [2.24, 2.45) is 0 Å². The average molecular weight is 187 g/mol. The van der Waals surface area contributed by atoms with E-state index in [1.165, 1.54) is 10.9 Å². The van der Waals surface area contributed by atoms with Gasteiger partial charge in [0.15, 0.2) is 0 Å². The van der Waals surface area contributed by atoms with Gasteiger partial charge in [-0.25, -0.2) is 13.8 Å². The molecule has 0 aliphatic carbocycles. The average Bonchev–Trinajstić information content (AvgIpc) is 2.32. The molecule has 0 unspecified atom stereocenters. The lowest BCUT2D eigenvalue weighted by Gasteiger charge is -2.27. The molecule has 1 fully saturated rings. The van der Waals surface area contributed by atoms with Crippen molar-refractivity contribution in [3.63, 3.8) is 0 Å². The van der Waals surface area contributed by atoms with Crippen molar-refractivity contribution in [3.05, 3.63) is 18.2 Å². The number of halogens is 2. The van der Waals surface area contributed by atoms with E-state index in [0.717, 1.165) is 18.8 Å². The Morgan fingerprint density at radius 1 is 1.62 bits per heavy atom. The van der Waals surface area contributed by atoms with E-state index in [9.17, 15) is 8.78 Å². The van der Waals surface area contributed by atoms with Crippen LogP contribution in [0.25, 0.3) is 0 Å². The molecule has 0 bridgehead atoms.